The molecular weight excluding hydrogens is 302 g/mol. The smallest absolute Gasteiger partial charge is 0.169 e. The summed E-state index contributed by atoms with van der Waals surface area (Å²) in [6, 6.07) is 6.57. The lowest BCUT2D eigenvalue weighted by molar-refractivity contribution is 0.402. The van der Waals surface area contributed by atoms with Crippen molar-refractivity contribution in [1.82, 2.24) is 14.7 Å². The van der Waals surface area contributed by atoms with Crippen LogP contribution >= 0.6 is 23.3 Å². The number of nitrogens with zero attached hydrogens (tertiary/aromatic N) is 2. The lowest BCUT2D eigenvalue weighted by Gasteiger charge is -2.21. The summed E-state index contributed by atoms with van der Waals surface area (Å²) in [6.45, 7) is 5.27. The Balaban J connectivity index is 2.16. The molecule has 0 radical (unpaired) electrons. The summed E-state index contributed by atoms with van der Waals surface area (Å²) in [5.41, 5.74) is 2.46. The summed E-state index contributed by atoms with van der Waals surface area (Å²) >= 11 is 3.17. The molecule has 0 spiro atoms. The van der Waals surface area contributed by atoms with Crippen LogP contribution in [0.15, 0.2) is 28.9 Å². The molecular formula is C15H21N3OS2. The van der Waals surface area contributed by atoms with Gasteiger partial charge in [-0.2, -0.15) is 4.37 Å². The summed E-state index contributed by atoms with van der Waals surface area (Å²) in [4.78, 5) is 4.23. The van der Waals surface area contributed by atoms with Crippen molar-refractivity contribution in [3.63, 3.8) is 0 Å². The number of hydrogen-bond donors (Lipinski definition) is 1. The summed E-state index contributed by atoms with van der Waals surface area (Å²) in [5, 5.41) is 3.61. The first-order chi connectivity index (χ1) is 10.2. The van der Waals surface area contributed by atoms with Crippen molar-refractivity contribution in [2.75, 3.05) is 19.4 Å². The predicted molar refractivity (Wildman–Crippen MR) is 89.4 cm³/mol. The summed E-state index contributed by atoms with van der Waals surface area (Å²) in [6.07, 6.45) is 2.71. The van der Waals surface area contributed by atoms with E-state index in [2.05, 4.69) is 40.7 Å². The highest BCUT2D eigenvalue weighted by Crippen LogP contribution is 2.31. The number of nitrogens with one attached hydrogen (secondary N) is 1. The summed E-state index contributed by atoms with van der Waals surface area (Å²) < 4.78 is 10.6. The highest BCUT2D eigenvalue weighted by Gasteiger charge is 2.17. The number of hydrogen-bond acceptors (Lipinski definition) is 6. The van der Waals surface area contributed by atoms with Gasteiger partial charge in [0.2, 0.25) is 0 Å². The lowest BCUT2D eigenvalue weighted by Crippen LogP contribution is -2.24. The second-order valence-corrected chi connectivity index (χ2v) is 6.82. The van der Waals surface area contributed by atoms with Crippen molar-refractivity contribution < 1.29 is 4.74 Å². The number of aryl methyl sites for hydroxylation is 1. The fraction of sp³-hybridized carbons (Fsp3) is 0.467. The Morgan fingerprint density at radius 1 is 1.43 bits per heavy atom. The molecule has 1 atom stereocenters. The van der Waals surface area contributed by atoms with Crippen LogP contribution in [0, 0.1) is 6.92 Å². The number of methoxy groups -OCH3 is 1. The molecule has 0 amide bonds. The van der Waals surface area contributed by atoms with Gasteiger partial charge in [0.15, 0.2) is 4.34 Å². The van der Waals surface area contributed by atoms with E-state index in [1.54, 1.807) is 25.2 Å². The van der Waals surface area contributed by atoms with Crippen LogP contribution in [0.5, 0.6) is 5.75 Å². The molecule has 0 aliphatic heterocycles. The zero-order valence-corrected chi connectivity index (χ0v) is 14.3. The third-order valence-corrected chi connectivity index (χ3v) is 5.01. The highest BCUT2D eigenvalue weighted by atomic mass is 32.2. The Morgan fingerprint density at radius 2 is 2.29 bits per heavy atom. The quantitative estimate of drug-likeness (QED) is 0.751. The van der Waals surface area contributed by atoms with E-state index in [0.29, 0.717) is 0 Å². The molecule has 2 rings (SSSR count). The molecule has 0 saturated carbocycles. The molecule has 0 saturated heterocycles. The molecule has 0 fully saturated rings. The second-order valence-electron chi connectivity index (χ2n) is 4.77. The van der Waals surface area contributed by atoms with E-state index in [4.69, 9.17) is 4.74 Å². The minimum atomic E-state index is 0.244. The average molecular weight is 323 g/mol. The van der Waals surface area contributed by atoms with E-state index in [1.807, 2.05) is 6.07 Å². The van der Waals surface area contributed by atoms with Crippen molar-refractivity contribution in [2.24, 2.45) is 0 Å². The van der Waals surface area contributed by atoms with E-state index >= 15 is 0 Å². The van der Waals surface area contributed by atoms with Gasteiger partial charge in [0.05, 0.1) is 7.11 Å². The molecule has 2 aromatic rings. The average Bonchev–Trinajstić information content (AvgIpc) is 3.01. The second kappa shape index (κ2) is 8.36. The summed E-state index contributed by atoms with van der Waals surface area (Å²) in [5.74, 6) is 1.85. The van der Waals surface area contributed by atoms with Gasteiger partial charge in [-0.3, -0.25) is 0 Å². The van der Waals surface area contributed by atoms with E-state index < -0.39 is 0 Å². The Labute approximate surface area is 134 Å². The van der Waals surface area contributed by atoms with Gasteiger partial charge in [-0.15, -0.1) is 0 Å². The van der Waals surface area contributed by atoms with Crippen LogP contribution in [-0.2, 0) is 0 Å². The van der Waals surface area contributed by atoms with Crippen molar-refractivity contribution in [3.8, 4) is 5.75 Å². The molecule has 1 aromatic heterocycles. The zero-order valence-electron chi connectivity index (χ0n) is 12.6. The first kappa shape index (κ1) is 16.3. The maximum Gasteiger partial charge on any atom is 0.169 e. The van der Waals surface area contributed by atoms with Gasteiger partial charge in [0, 0.05) is 17.4 Å². The molecule has 1 N–H and O–H groups in total. The van der Waals surface area contributed by atoms with Crippen LogP contribution in [0.25, 0.3) is 0 Å². The first-order valence-electron chi connectivity index (χ1n) is 7.02. The van der Waals surface area contributed by atoms with Gasteiger partial charge in [0.1, 0.15) is 12.1 Å². The minimum Gasteiger partial charge on any atom is -0.496 e. The fourth-order valence-electron chi connectivity index (χ4n) is 2.08. The van der Waals surface area contributed by atoms with Crippen LogP contribution in [0.1, 0.15) is 30.5 Å². The Hall–Kier alpha value is -1.11. The Morgan fingerprint density at radius 3 is 2.95 bits per heavy atom. The van der Waals surface area contributed by atoms with Gasteiger partial charge in [-0.1, -0.05) is 36.4 Å². The maximum atomic E-state index is 5.52. The van der Waals surface area contributed by atoms with Crippen molar-refractivity contribution >= 4 is 23.3 Å². The largest absolute Gasteiger partial charge is 0.496 e. The number of rotatable bonds is 8. The van der Waals surface area contributed by atoms with E-state index in [-0.39, 0.29) is 6.04 Å². The monoisotopic (exact) mass is 323 g/mol. The van der Waals surface area contributed by atoms with Crippen LogP contribution < -0.4 is 10.1 Å². The molecule has 0 bridgehead atoms. The van der Waals surface area contributed by atoms with E-state index in [0.717, 1.165) is 28.8 Å². The van der Waals surface area contributed by atoms with Gasteiger partial charge >= 0.3 is 0 Å². The van der Waals surface area contributed by atoms with Crippen LogP contribution in [-0.4, -0.2) is 28.8 Å². The number of thioether (sulfide) groups is 1. The standard InChI is InChI=1S/C15H21N3OS2/c1-4-7-16-13(9-20-15-17-10-18-21-15)12-8-11(2)5-6-14(12)19-3/h5-6,8,10,13,16H,4,7,9H2,1-3H3. The molecule has 0 aliphatic rings. The first-order valence-corrected chi connectivity index (χ1v) is 8.78. The van der Waals surface area contributed by atoms with Gasteiger partial charge in [0.25, 0.3) is 0 Å². The highest BCUT2D eigenvalue weighted by molar-refractivity contribution is 8.00. The molecule has 6 heteroatoms. The van der Waals surface area contributed by atoms with Gasteiger partial charge in [-0.25, -0.2) is 4.98 Å². The third kappa shape index (κ3) is 4.69. The Kier molecular flexibility index (Phi) is 6.48. The van der Waals surface area contributed by atoms with Crippen molar-refractivity contribution in [3.05, 3.63) is 35.7 Å². The Bertz CT molecular complexity index is 546. The predicted octanol–water partition coefficient (Wildman–Crippen LogP) is 3.69. The van der Waals surface area contributed by atoms with Crippen LogP contribution in [0.3, 0.4) is 0 Å². The number of benzene rings is 1. The molecule has 1 aromatic carbocycles. The van der Waals surface area contributed by atoms with Crippen LogP contribution in [0.2, 0.25) is 0 Å². The van der Waals surface area contributed by atoms with E-state index in [1.165, 1.54) is 22.7 Å². The molecule has 1 unspecified atom stereocenters. The maximum absolute atomic E-state index is 5.52. The van der Waals surface area contributed by atoms with Gasteiger partial charge in [-0.05, 0) is 37.5 Å². The van der Waals surface area contributed by atoms with E-state index in [9.17, 15) is 0 Å². The number of ether oxygens (including phenoxy) is 1. The van der Waals surface area contributed by atoms with Crippen LogP contribution in [0.4, 0.5) is 0 Å². The third-order valence-electron chi connectivity index (χ3n) is 3.12. The van der Waals surface area contributed by atoms with Gasteiger partial charge < -0.3 is 10.1 Å². The minimum absolute atomic E-state index is 0.244. The molecule has 4 nitrogen and oxygen atoms in total. The fourth-order valence-corrected chi connectivity index (χ4v) is 3.64. The lowest BCUT2D eigenvalue weighted by atomic mass is 10.0. The summed E-state index contributed by atoms with van der Waals surface area (Å²) in [7, 11) is 1.73. The molecule has 1 heterocycles. The molecule has 114 valence electrons. The zero-order chi connectivity index (χ0) is 15.1. The number of aromatic nitrogens is 2. The topological polar surface area (TPSA) is 47.0 Å². The molecule has 21 heavy (non-hydrogen) atoms. The van der Waals surface area contributed by atoms with Crippen molar-refractivity contribution in [2.45, 2.75) is 30.6 Å². The normalized spacial score (nSPS) is 12.3. The van der Waals surface area contributed by atoms with Crippen molar-refractivity contribution in [1.29, 1.82) is 0 Å². The SMILES string of the molecule is CCCNC(CSc1ncns1)c1cc(C)ccc1OC. The molecule has 0 aliphatic carbocycles.